The highest BCUT2D eigenvalue weighted by Crippen LogP contribution is 2.31. The van der Waals surface area contributed by atoms with Gasteiger partial charge in [-0.25, -0.2) is 0 Å². The van der Waals surface area contributed by atoms with Crippen molar-refractivity contribution in [3.05, 3.63) is 88.4 Å². The van der Waals surface area contributed by atoms with Crippen molar-refractivity contribution in [1.29, 1.82) is 5.26 Å². The van der Waals surface area contributed by atoms with Gasteiger partial charge in [-0.2, -0.15) is 5.26 Å². The standard InChI is InChI=1S/C25H20ClN5OS/c1-16-9-10-17(2)22(11-16)31-24(19-6-4-7-20(26)13-19)29-30-25(31)33-15-23(32)28-21-8-3-5-18(12-21)14-27/h3-13H,15H2,1-2H3,(H,28,32). The van der Waals surface area contributed by atoms with E-state index in [1.165, 1.54) is 11.8 Å². The molecule has 0 bridgehead atoms. The Labute approximate surface area is 201 Å². The number of amides is 1. The van der Waals surface area contributed by atoms with Gasteiger partial charge >= 0.3 is 0 Å². The van der Waals surface area contributed by atoms with E-state index in [4.69, 9.17) is 16.9 Å². The van der Waals surface area contributed by atoms with Crippen LogP contribution in [0, 0.1) is 25.2 Å². The third-order valence-electron chi connectivity index (χ3n) is 4.93. The molecule has 0 saturated carbocycles. The summed E-state index contributed by atoms with van der Waals surface area (Å²) in [6, 6.07) is 22.5. The lowest BCUT2D eigenvalue weighted by Gasteiger charge is -2.14. The minimum absolute atomic E-state index is 0.134. The molecule has 0 unspecified atom stereocenters. The molecule has 0 fully saturated rings. The number of hydrogen-bond donors (Lipinski definition) is 1. The van der Waals surface area contributed by atoms with Crippen LogP contribution in [0.15, 0.2) is 71.9 Å². The van der Waals surface area contributed by atoms with Crippen molar-refractivity contribution < 1.29 is 4.79 Å². The average molecular weight is 474 g/mol. The zero-order valence-electron chi connectivity index (χ0n) is 18.0. The molecule has 33 heavy (non-hydrogen) atoms. The van der Waals surface area contributed by atoms with E-state index >= 15 is 0 Å². The number of anilines is 1. The zero-order valence-corrected chi connectivity index (χ0v) is 19.6. The quantitative estimate of drug-likeness (QED) is 0.357. The van der Waals surface area contributed by atoms with Crippen LogP contribution >= 0.6 is 23.4 Å². The van der Waals surface area contributed by atoms with E-state index in [1.807, 2.05) is 42.7 Å². The third-order valence-corrected chi connectivity index (χ3v) is 6.09. The number of thioether (sulfide) groups is 1. The molecule has 0 aliphatic rings. The number of nitriles is 1. The van der Waals surface area contributed by atoms with Gasteiger partial charge in [-0.15, -0.1) is 10.2 Å². The maximum atomic E-state index is 12.6. The molecule has 0 saturated heterocycles. The number of hydrogen-bond acceptors (Lipinski definition) is 5. The number of carbonyl (C=O) groups is 1. The van der Waals surface area contributed by atoms with E-state index in [2.05, 4.69) is 39.8 Å². The summed E-state index contributed by atoms with van der Waals surface area (Å²) in [4.78, 5) is 12.6. The monoisotopic (exact) mass is 473 g/mol. The summed E-state index contributed by atoms with van der Waals surface area (Å²) in [6.45, 7) is 4.06. The van der Waals surface area contributed by atoms with Gasteiger partial charge in [0.25, 0.3) is 0 Å². The van der Waals surface area contributed by atoms with Gasteiger partial charge in [0.2, 0.25) is 5.91 Å². The molecule has 3 aromatic carbocycles. The van der Waals surface area contributed by atoms with Crippen molar-refractivity contribution in [2.75, 3.05) is 11.1 Å². The van der Waals surface area contributed by atoms with Crippen LogP contribution in [0.3, 0.4) is 0 Å². The Balaban J connectivity index is 1.65. The Morgan fingerprint density at radius 1 is 1.09 bits per heavy atom. The molecule has 0 spiro atoms. The Morgan fingerprint density at radius 3 is 2.70 bits per heavy atom. The van der Waals surface area contributed by atoms with Gasteiger partial charge in [0.15, 0.2) is 11.0 Å². The predicted octanol–water partition coefficient (Wildman–Crippen LogP) is 5.81. The number of carbonyl (C=O) groups excluding carboxylic acids is 1. The van der Waals surface area contributed by atoms with Crippen molar-refractivity contribution in [3.8, 4) is 23.1 Å². The SMILES string of the molecule is Cc1ccc(C)c(-n2c(SCC(=O)Nc3cccc(C#N)c3)nnc2-c2cccc(Cl)c2)c1. The van der Waals surface area contributed by atoms with Crippen molar-refractivity contribution in [2.45, 2.75) is 19.0 Å². The minimum Gasteiger partial charge on any atom is -0.325 e. The highest BCUT2D eigenvalue weighted by atomic mass is 35.5. The van der Waals surface area contributed by atoms with Crippen LogP contribution in [0.1, 0.15) is 16.7 Å². The molecular weight excluding hydrogens is 454 g/mol. The summed E-state index contributed by atoms with van der Waals surface area (Å²) in [5.74, 6) is 0.584. The van der Waals surface area contributed by atoms with Crippen LogP contribution in [0.4, 0.5) is 5.69 Å². The normalized spacial score (nSPS) is 10.6. The minimum atomic E-state index is -0.199. The van der Waals surface area contributed by atoms with E-state index in [0.29, 0.717) is 27.3 Å². The first-order valence-electron chi connectivity index (χ1n) is 10.2. The van der Waals surface area contributed by atoms with Gasteiger partial charge in [-0.05, 0) is 61.4 Å². The molecule has 4 rings (SSSR count). The lowest BCUT2D eigenvalue weighted by atomic mass is 10.1. The topological polar surface area (TPSA) is 83.6 Å². The van der Waals surface area contributed by atoms with Crippen LogP contribution in [0.25, 0.3) is 17.1 Å². The number of nitrogens with one attached hydrogen (secondary N) is 1. The summed E-state index contributed by atoms with van der Waals surface area (Å²) in [5, 5.41) is 21.9. The molecule has 164 valence electrons. The fourth-order valence-corrected chi connectivity index (χ4v) is 4.28. The van der Waals surface area contributed by atoms with E-state index < -0.39 is 0 Å². The third kappa shape index (κ3) is 5.25. The van der Waals surface area contributed by atoms with Gasteiger partial charge < -0.3 is 5.32 Å². The van der Waals surface area contributed by atoms with Crippen LogP contribution in [-0.4, -0.2) is 26.4 Å². The fraction of sp³-hybridized carbons (Fsp3) is 0.120. The molecule has 0 aliphatic heterocycles. The first-order valence-corrected chi connectivity index (χ1v) is 11.5. The Bertz CT molecular complexity index is 1380. The molecule has 1 aromatic heterocycles. The molecule has 8 heteroatoms. The van der Waals surface area contributed by atoms with Gasteiger partial charge in [0.05, 0.1) is 23.1 Å². The van der Waals surface area contributed by atoms with E-state index in [9.17, 15) is 4.79 Å². The molecule has 0 radical (unpaired) electrons. The molecular formula is C25H20ClN5OS. The lowest BCUT2D eigenvalue weighted by molar-refractivity contribution is -0.113. The smallest absolute Gasteiger partial charge is 0.234 e. The van der Waals surface area contributed by atoms with Crippen molar-refractivity contribution in [2.24, 2.45) is 0 Å². The number of aryl methyl sites for hydroxylation is 2. The predicted molar refractivity (Wildman–Crippen MR) is 132 cm³/mol. The second kappa shape index (κ2) is 9.90. The Morgan fingerprint density at radius 2 is 1.91 bits per heavy atom. The number of nitrogens with zero attached hydrogens (tertiary/aromatic N) is 4. The summed E-state index contributed by atoms with van der Waals surface area (Å²) >= 11 is 7.51. The largest absolute Gasteiger partial charge is 0.325 e. The summed E-state index contributed by atoms with van der Waals surface area (Å²) in [5.41, 5.74) is 5.01. The highest BCUT2D eigenvalue weighted by Gasteiger charge is 2.19. The maximum absolute atomic E-state index is 12.6. The average Bonchev–Trinajstić information content (AvgIpc) is 3.23. The summed E-state index contributed by atoms with van der Waals surface area (Å²) < 4.78 is 1.96. The molecule has 0 atom stereocenters. The lowest BCUT2D eigenvalue weighted by Crippen LogP contribution is -2.14. The Kier molecular flexibility index (Phi) is 6.78. The number of rotatable bonds is 6. The van der Waals surface area contributed by atoms with Crippen molar-refractivity contribution in [1.82, 2.24) is 14.8 Å². The van der Waals surface area contributed by atoms with E-state index in [1.54, 1.807) is 24.3 Å². The van der Waals surface area contributed by atoms with Crippen molar-refractivity contribution >= 4 is 35.0 Å². The molecule has 4 aromatic rings. The Hall–Kier alpha value is -3.60. The summed E-state index contributed by atoms with van der Waals surface area (Å²) in [6.07, 6.45) is 0. The second-order valence-electron chi connectivity index (χ2n) is 7.47. The number of aromatic nitrogens is 3. The number of benzene rings is 3. The van der Waals surface area contributed by atoms with Gasteiger partial charge in [-0.3, -0.25) is 9.36 Å². The molecule has 0 aliphatic carbocycles. The molecule has 1 heterocycles. The summed E-state index contributed by atoms with van der Waals surface area (Å²) in [7, 11) is 0. The molecule has 1 amide bonds. The van der Waals surface area contributed by atoms with Gasteiger partial charge in [0, 0.05) is 16.3 Å². The first kappa shape index (κ1) is 22.6. The molecule has 6 nitrogen and oxygen atoms in total. The zero-order chi connectivity index (χ0) is 23.4. The first-order chi connectivity index (χ1) is 15.9. The van der Waals surface area contributed by atoms with Gasteiger partial charge in [0.1, 0.15) is 0 Å². The van der Waals surface area contributed by atoms with E-state index in [-0.39, 0.29) is 11.7 Å². The highest BCUT2D eigenvalue weighted by molar-refractivity contribution is 7.99. The molecule has 1 N–H and O–H groups in total. The van der Waals surface area contributed by atoms with Crippen LogP contribution in [0.5, 0.6) is 0 Å². The van der Waals surface area contributed by atoms with Gasteiger partial charge in [-0.1, -0.05) is 53.7 Å². The fourth-order valence-electron chi connectivity index (χ4n) is 3.35. The van der Waals surface area contributed by atoms with Crippen molar-refractivity contribution in [3.63, 3.8) is 0 Å². The van der Waals surface area contributed by atoms with Crippen LogP contribution in [-0.2, 0) is 4.79 Å². The second-order valence-corrected chi connectivity index (χ2v) is 8.85. The maximum Gasteiger partial charge on any atom is 0.234 e. The van der Waals surface area contributed by atoms with Crippen LogP contribution in [0.2, 0.25) is 5.02 Å². The van der Waals surface area contributed by atoms with E-state index in [0.717, 1.165) is 22.4 Å². The van der Waals surface area contributed by atoms with Crippen LogP contribution < -0.4 is 5.32 Å². The number of halogens is 1.